The van der Waals surface area contributed by atoms with E-state index in [0.717, 1.165) is 26.2 Å². The summed E-state index contributed by atoms with van der Waals surface area (Å²) in [6.07, 6.45) is -1.63. The maximum atomic E-state index is 12.1. The molecule has 124 valence electrons. The average molecular weight is 326 g/mol. The van der Waals surface area contributed by atoms with Crippen molar-refractivity contribution in [3.8, 4) is 5.75 Å². The van der Waals surface area contributed by atoms with Gasteiger partial charge in [-0.3, -0.25) is 4.79 Å². The first-order valence-electron chi connectivity index (χ1n) is 7.44. The summed E-state index contributed by atoms with van der Waals surface area (Å²) in [6.45, 7) is 3.44. The van der Waals surface area contributed by atoms with Crippen LogP contribution in [0.4, 0.5) is 13.2 Å². The summed E-state index contributed by atoms with van der Waals surface area (Å²) in [5, 5.41) is 3.32. The molecule has 2 saturated heterocycles. The number of rotatable bonds is 3. The van der Waals surface area contributed by atoms with Crippen LogP contribution in [0.5, 0.6) is 5.75 Å². The number of likely N-dealkylation sites (tertiary alicyclic amines) is 1. The lowest BCUT2D eigenvalue weighted by Crippen LogP contribution is -2.30. The fourth-order valence-corrected chi connectivity index (χ4v) is 3.09. The first-order chi connectivity index (χ1) is 10.9. The molecular weight excluding hydrogens is 309 g/mol. The fourth-order valence-electron chi connectivity index (χ4n) is 3.09. The molecule has 2 aliphatic heterocycles. The summed E-state index contributed by atoms with van der Waals surface area (Å²) in [6, 6.07) is 5.41. The Morgan fingerprint density at radius 1 is 1.17 bits per heavy atom. The van der Waals surface area contributed by atoms with Crippen LogP contribution < -0.4 is 10.1 Å². The van der Waals surface area contributed by atoms with E-state index in [-0.39, 0.29) is 11.7 Å². The molecule has 2 fully saturated rings. The predicted molar refractivity (Wildman–Crippen MR) is 78.6 cm³/mol. The van der Waals surface area contributed by atoms with Crippen LogP contribution in [0.15, 0.2) is 30.3 Å². The molecule has 1 N–H and O–H groups in total. The predicted octanol–water partition coefficient (Wildman–Crippen LogP) is 2.28. The van der Waals surface area contributed by atoms with Crippen molar-refractivity contribution < 1.29 is 22.7 Å². The third-order valence-corrected chi connectivity index (χ3v) is 4.23. The standard InChI is InChI=1S/C16H17F3N2O2/c17-16(18,19)23-14-4-1-11(2-5-14)3-6-15(22)21-9-12-7-20-8-13(12)10-21/h1-6,12-13,20H,7-10H2/t12-,13+. The van der Waals surface area contributed by atoms with Crippen LogP contribution in [-0.4, -0.2) is 43.3 Å². The van der Waals surface area contributed by atoms with Crippen molar-refractivity contribution in [1.82, 2.24) is 10.2 Å². The molecule has 2 aliphatic rings. The molecule has 0 bridgehead atoms. The van der Waals surface area contributed by atoms with Crippen molar-refractivity contribution in [3.63, 3.8) is 0 Å². The van der Waals surface area contributed by atoms with Crippen LogP contribution in [-0.2, 0) is 4.79 Å². The van der Waals surface area contributed by atoms with E-state index in [0.29, 0.717) is 17.4 Å². The average Bonchev–Trinajstić information content (AvgIpc) is 3.05. The minimum Gasteiger partial charge on any atom is -0.406 e. The molecule has 1 aromatic carbocycles. The van der Waals surface area contributed by atoms with Crippen molar-refractivity contribution in [2.45, 2.75) is 6.36 Å². The second kappa shape index (κ2) is 6.23. The lowest BCUT2D eigenvalue weighted by Gasteiger charge is -2.15. The summed E-state index contributed by atoms with van der Waals surface area (Å²) < 4.78 is 40.0. The van der Waals surface area contributed by atoms with Gasteiger partial charge < -0.3 is 15.0 Å². The minimum atomic E-state index is -4.70. The Balaban J connectivity index is 1.56. The van der Waals surface area contributed by atoms with Gasteiger partial charge in [0.1, 0.15) is 5.75 Å². The van der Waals surface area contributed by atoms with Crippen LogP contribution in [0.3, 0.4) is 0 Å². The van der Waals surface area contributed by atoms with E-state index in [4.69, 9.17) is 0 Å². The second-order valence-corrected chi connectivity index (χ2v) is 5.87. The van der Waals surface area contributed by atoms with Crippen LogP contribution >= 0.6 is 0 Å². The van der Waals surface area contributed by atoms with Crippen LogP contribution in [0.2, 0.25) is 0 Å². The molecule has 0 spiro atoms. The Bertz CT molecular complexity index is 586. The SMILES string of the molecule is O=C(C=Cc1ccc(OC(F)(F)F)cc1)N1C[C@H]2CNC[C@H]2C1. The summed E-state index contributed by atoms with van der Waals surface area (Å²) in [7, 11) is 0. The van der Waals surface area contributed by atoms with Crippen molar-refractivity contribution in [2.24, 2.45) is 11.8 Å². The molecule has 2 atom stereocenters. The quantitative estimate of drug-likeness (QED) is 0.867. The smallest absolute Gasteiger partial charge is 0.406 e. The van der Waals surface area contributed by atoms with Crippen molar-refractivity contribution in [3.05, 3.63) is 35.9 Å². The Morgan fingerprint density at radius 3 is 2.35 bits per heavy atom. The van der Waals surface area contributed by atoms with E-state index in [1.54, 1.807) is 6.08 Å². The Kier molecular flexibility index (Phi) is 4.30. The number of amides is 1. The number of carbonyl (C=O) groups is 1. The largest absolute Gasteiger partial charge is 0.573 e. The number of ether oxygens (including phenoxy) is 1. The van der Waals surface area contributed by atoms with Gasteiger partial charge in [-0.05, 0) is 35.6 Å². The highest BCUT2D eigenvalue weighted by Gasteiger charge is 2.37. The van der Waals surface area contributed by atoms with Gasteiger partial charge in [-0.1, -0.05) is 12.1 Å². The number of nitrogens with zero attached hydrogens (tertiary/aromatic N) is 1. The first kappa shape index (κ1) is 15.9. The molecule has 4 nitrogen and oxygen atoms in total. The van der Waals surface area contributed by atoms with Gasteiger partial charge in [0, 0.05) is 32.3 Å². The van der Waals surface area contributed by atoms with Crippen LogP contribution in [0, 0.1) is 11.8 Å². The number of nitrogens with one attached hydrogen (secondary N) is 1. The van der Waals surface area contributed by atoms with Gasteiger partial charge in [-0.25, -0.2) is 0 Å². The highest BCUT2D eigenvalue weighted by atomic mass is 19.4. The number of alkyl halides is 3. The fraction of sp³-hybridized carbons (Fsp3) is 0.438. The summed E-state index contributed by atoms with van der Waals surface area (Å²) in [5.41, 5.74) is 0.647. The van der Waals surface area contributed by atoms with Crippen molar-refractivity contribution >= 4 is 12.0 Å². The van der Waals surface area contributed by atoms with Gasteiger partial charge in [0.15, 0.2) is 0 Å². The molecule has 0 radical (unpaired) electrons. The first-order valence-corrected chi connectivity index (χ1v) is 7.44. The number of benzene rings is 1. The zero-order valence-corrected chi connectivity index (χ0v) is 12.3. The monoisotopic (exact) mass is 326 g/mol. The molecule has 2 heterocycles. The van der Waals surface area contributed by atoms with Gasteiger partial charge in [0.25, 0.3) is 0 Å². The van der Waals surface area contributed by atoms with Crippen molar-refractivity contribution in [1.29, 1.82) is 0 Å². The molecule has 3 rings (SSSR count). The zero-order valence-electron chi connectivity index (χ0n) is 12.3. The van der Waals surface area contributed by atoms with Gasteiger partial charge in [0.2, 0.25) is 5.91 Å². The number of carbonyl (C=O) groups excluding carboxylic acids is 1. The van der Waals surface area contributed by atoms with E-state index in [1.165, 1.54) is 30.3 Å². The van der Waals surface area contributed by atoms with E-state index < -0.39 is 6.36 Å². The van der Waals surface area contributed by atoms with E-state index in [9.17, 15) is 18.0 Å². The second-order valence-electron chi connectivity index (χ2n) is 5.87. The highest BCUT2D eigenvalue weighted by molar-refractivity contribution is 5.92. The summed E-state index contributed by atoms with van der Waals surface area (Å²) in [4.78, 5) is 14.0. The third-order valence-electron chi connectivity index (χ3n) is 4.23. The normalized spacial score (nSPS) is 24.2. The maximum absolute atomic E-state index is 12.1. The number of halogens is 3. The highest BCUT2D eigenvalue weighted by Crippen LogP contribution is 2.26. The van der Waals surface area contributed by atoms with E-state index in [2.05, 4.69) is 10.1 Å². The molecule has 23 heavy (non-hydrogen) atoms. The Morgan fingerprint density at radius 2 is 1.78 bits per heavy atom. The third kappa shape index (κ3) is 4.04. The molecule has 1 aromatic rings. The zero-order chi connectivity index (χ0) is 16.4. The van der Waals surface area contributed by atoms with Crippen LogP contribution in [0.25, 0.3) is 6.08 Å². The van der Waals surface area contributed by atoms with Gasteiger partial charge in [0.05, 0.1) is 0 Å². The van der Waals surface area contributed by atoms with Gasteiger partial charge in [-0.15, -0.1) is 13.2 Å². The number of hydrogen-bond donors (Lipinski definition) is 1. The number of hydrogen-bond acceptors (Lipinski definition) is 3. The Hall–Kier alpha value is -2.02. The molecule has 0 aliphatic carbocycles. The number of fused-ring (bicyclic) bond motifs is 1. The molecule has 7 heteroatoms. The molecule has 0 saturated carbocycles. The molecule has 0 aromatic heterocycles. The van der Waals surface area contributed by atoms with E-state index in [1.807, 2.05) is 4.90 Å². The molecule has 1 amide bonds. The van der Waals surface area contributed by atoms with Crippen LogP contribution in [0.1, 0.15) is 5.56 Å². The maximum Gasteiger partial charge on any atom is 0.573 e. The van der Waals surface area contributed by atoms with Gasteiger partial charge >= 0.3 is 6.36 Å². The topological polar surface area (TPSA) is 41.6 Å². The summed E-state index contributed by atoms with van der Waals surface area (Å²) >= 11 is 0. The summed E-state index contributed by atoms with van der Waals surface area (Å²) in [5.74, 6) is 0.730. The minimum absolute atomic E-state index is 0.0602. The van der Waals surface area contributed by atoms with E-state index >= 15 is 0 Å². The van der Waals surface area contributed by atoms with Gasteiger partial charge in [-0.2, -0.15) is 0 Å². The lowest BCUT2D eigenvalue weighted by molar-refractivity contribution is -0.274. The molecule has 0 unspecified atom stereocenters. The lowest BCUT2D eigenvalue weighted by atomic mass is 10.0. The molecular formula is C16H17F3N2O2. The van der Waals surface area contributed by atoms with Crippen molar-refractivity contribution in [2.75, 3.05) is 26.2 Å². The Labute approximate surface area is 131 Å².